The van der Waals surface area contributed by atoms with Gasteiger partial charge in [0.05, 0.1) is 9.85 Å². The molecular formula is C15H14ClN3O6. The lowest BCUT2D eigenvalue weighted by atomic mass is 9.83. The van der Waals surface area contributed by atoms with Crippen molar-refractivity contribution in [3.05, 3.63) is 79.9 Å². The molecule has 25 heavy (non-hydrogen) atoms. The third-order valence-electron chi connectivity index (χ3n) is 3.58. The van der Waals surface area contributed by atoms with Gasteiger partial charge in [0.1, 0.15) is 6.04 Å². The Morgan fingerprint density at radius 3 is 1.60 bits per heavy atom. The number of rotatable bonds is 6. The average molecular weight is 368 g/mol. The van der Waals surface area contributed by atoms with E-state index in [4.69, 9.17) is 5.73 Å². The average Bonchev–Trinajstić information content (AvgIpc) is 2.55. The Balaban J connectivity index is 0.00000312. The highest BCUT2D eigenvalue weighted by Gasteiger charge is 2.36. The minimum atomic E-state index is -1.59. The van der Waals surface area contributed by atoms with Gasteiger partial charge in [-0.15, -0.1) is 12.4 Å². The Hall–Kier alpha value is -3.04. The number of aliphatic carboxylic acids is 1. The zero-order valence-electron chi connectivity index (χ0n) is 12.6. The smallest absolute Gasteiger partial charge is 0.321 e. The van der Waals surface area contributed by atoms with Crippen molar-refractivity contribution in [3.63, 3.8) is 0 Å². The molecule has 0 unspecified atom stereocenters. The van der Waals surface area contributed by atoms with Crippen molar-refractivity contribution in [1.82, 2.24) is 0 Å². The van der Waals surface area contributed by atoms with E-state index in [2.05, 4.69) is 0 Å². The Bertz CT molecular complexity index is 756. The lowest BCUT2D eigenvalue weighted by Crippen LogP contribution is -2.37. The van der Waals surface area contributed by atoms with Crippen molar-refractivity contribution in [1.29, 1.82) is 0 Å². The lowest BCUT2D eigenvalue weighted by molar-refractivity contribution is -0.386. The number of nitrogens with zero attached hydrogens (tertiary/aromatic N) is 2. The number of nitro benzene ring substituents is 2. The summed E-state index contributed by atoms with van der Waals surface area (Å²) >= 11 is 0. The number of hydrogen-bond donors (Lipinski definition) is 2. The molecule has 0 aromatic heterocycles. The van der Waals surface area contributed by atoms with Gasteiger partial charge >= 0.3 is 5.97 Å². The summed E-state index contributed by atoms with van der Waals surface area (Å²) in [6, 6.07) is 9.32. The van der Waals surface area contributed by atoms with Crippen molar-refractivity contribution in [3.8, 4) is 0 Å². The Labute approximate surface area is 147 Å². The highest BCUT2D eigenvalue weighted by molar-refractivity contribution is 5.85. The summed E-state index contributed by atoms with van der Waals surface area (Å²) in [6.07, 6.45) is 0. The SMILES string of the molecule is Cl.N[C@H](C(=O)O)C(c1ccccc1[N+](=O)[O-])c1ccccc1[N+](=O)[O-]. The number of hydrogen-bond acceptors (Lipinski definition) is 6. The molecule has 0 aliphatic carbocycles. The number of nitro groups is 2. The van der Waals surface area contributed by atoms with Crippen LogP contribution in [0.5, 0.6) is 0 Å². The summed E-state index contributed by atoms with van der Waals surface area (Å²) in [5.41, 5.74) is 5.03. The van der Waals surface area contributed by atoms with E-state index in [0.717, 1.165) is 0 Å². The fourth-order valence-electron chi connectivity index (χ4n) is 2.53. The van der Waals surface area contributed by atoms with E-state index in [-0.39, 0.29) is 34.9 Å². The van der Waals surface area contributed by atoms with Crippen LogP contribution in [0.1, 0.15) is 17.0 Å². The summed E-state index contributed by atoms with van der Waals surface area (Å²) < 4.78 is 0. The molecule has 9 nitrogen and oxygen atoms in total. The summed E-state index contributed by atoms with van der Waals surface area (Å²) in [5.74, 6) is -2.66. The molecule has 2 rings (SSSR count). The van der Waals surface area contributed by atoms with Crippen LogP contribution < -0.4 is 5.73 Å². The van der Waals surface area contributed by atoms with Gasteiger partial charge in [-0.25, -0.2) is 0 Å². The molecule has 0 saturated heterocycles. The van der Waals surface area contributed by atoms with Gasteiger partial charge in [-0.05, 0) is 0 Å². The number of carboxylic acid groups (broad SMARTS) is 1. The monoisotopic (exact) mass is 367 g/mol. The summed E-state index contributed by atoms with van der Waals surface area (Å²) in [5, 5.41) is 31.8. The standard InChI is InChI=1S/C15H13N3O6.ClH/c16-14(15(19)20)13(9-5-1-3-7-11(9)17(21)22)10-6-2-4-8-12(10)18(23)24;/h1-8,13-14H,16H2,(H,19,20);1H/t14-;/m0./s1. The molecule has 0 heterocycles. The first-order chi connectivity index (χ1) is 11.3. The minimum absolute atomic E-state index is 0. The predicted molar refractivity (Wildman–Crippen MR) is 90.9 cm³/mol. The number of carbonyl (C=O) groups is 1. The van der Waals surface area contributed by atoms with E-state index in [9.17, 15) is 30.1 Å². The molecule has 10 heteroatoms. The molecule has 0 bridgehead atoms. The Morgan fingerprint density at radius 2 is 1.28 bits per heavy atom. The van der Waals surface area contributed by atoms with Crippen LogP contribution in [0.2, 0.25) is 0 Å². The normalized spacial score (nSPS) is 11.4. The molecule has 0 spiro atoms. The van der Waals surface area contributed by atoms with Crippen LogP contribution in [0, 0.1) is 20.2 Å². The molecule has 1 atom stereocenters. The van der Waals surface area contributed by atoms with Crippen LogP contribution in [-0.4, -0.2) is 27.0 Å². The topological polar surface area (TPSA) is 150 Å². The van der Waals surface area contributed by atoms with E-state index < -0.39 is 27.8 Å². The van der Waals surface area contributed by atoms with Crippen LogP contribution in [0.25, 0.3) is 0 Å². The van der Waals surface area contributed by atoms with Crippen LogP contribution in [0.3, 0.4) is 0 Å². The largest absolute Gasteiger partial charge is 0.480 e. The Morgan fingerprint density at radius 1 is 0.920 bits per heavy atom. The second-order valence-electron chi connectivity index (χ2n) is 4.97. The van der Waals surface area contributed by atoms with Gasteiger partial charge in [-0.3, -0.25) is 25.0 Å². The van der Waals surface area contributed by atoms with Crippen molar-refractivity contribution in [2.75, 3.05) is 0 Å². The molecule has 0 fully saturated rings. The molecular weight excluding hydrogens is 354 g/mol. The summed E-state index contributed by atoms with van der Waals surface area (Å²) in [7, 11) is 0. The molecule has 0 saturated carbocycles. The van der Waals surface area contributed by atoms with E-state index in [1.54, 1.807) is 0 Å². The van der Waals surface area contributed by atoms with E-state index in [1.165, 1.54) is 48.5 Å². The molecule has 0 aliphatic rings. The number of carboxylic acids is 1. The molecule has 3 N–H and O–H groups in total. The zero-order valence-corrected chi connectivity index (χ0v) is 13.5. The van der Waals surface area contributed by atoms with Crippen LogP contribution in [0.15, 0.2) is 48.5 Å². The fourth-order valence-corrected chi connectivity index (χ4v) is 2.53. The minimum Gasteiger partial charge on any atom is -0.480 e. The van der Waals surface area contributed by atoms with Crippen molar-refractivity contribution < 1.29 is 19.7 Å². The number of para-hydroxylation sites is 2. The van der Waals surface area contributed by atoms with Crippen LogP contribution in [-0.2, 0) is 4.79 Å². The van der Waals surface area contributed by atoms with Gasteiger partial charge in [-0.2, -0.15) is 0 Å². The van der Waals surface area contributed by atoms with E-state index in [1.807, 2.05) is 0 Å². The molecule has 0 amide bonds. The molecule has 2 aromatic carbocycles. The van der Waals surface area contributed by atoms with Gasteiger partial charge < -0.3 is 10.8 Å². The maximum atomic E-state index is 11.4. The van der Waals surface area contributed by atoms with Gasteiger partial charge in [0.15, 0.2) is 0 Å². The highest BCUT2D eigenvalue weighted by atomic mass is 35.5. The first kappa shape index (κ1) is 20.0. The molecule has 2 aromatic rings. The van der Waals surface area contributed by atoms with Gasteiger partial charge in [0.25, 0.3) is 11.4 Å². The van der Waals surface area contributed by atoms with Gasteiger partial charge in [0.2, 0.25) is 0 Å². The third-order valence-corrected chi connectivity index (χ3v) is 3.58. The Kier molecular flexibility index (Phi) is 6.54. The van der Waals surface area contributed by atoms with Crippen LogP contribution in [0.4, 0.5) is 11.4 Å². The highest BCUT2D eigenvalue weighted by Crippen LogP contribution is 2.37. The van der Waals surface area contributed by atoms with E-state index >= 15 is 0 Å². The number of nitrogens with two attached hydrogens (primary N) is 1. The fraction of sp³-hybridized carbons (Fsp3) is 0.133. The maximum absolute atomic E-state index is 11.4. The van der Waals surface area contributed by atoms with E-state index in [0.29, 0.717) is 0 Å². The van der Waals surface area contributed by atoms with Crippen molar-refractivity contribution >= 4 is 29.8 Å². The van der Waals surface area contributed by atoms with Crippen molar-refractivity contribution in [2.24, 2.45) is 5.73 Å². The van der Waals surface area contributed by atoms with Crippen molar-refractivity contribution in [2.45, 2.75) is 12.0 Å². The molecule has 132 valence electrons. The number of halogens is 1. The maximum Gasteiger partial charge on any atom is 0.321 e. The summed E-state index contributed by atoms with van der Waals surface area (Å²) in [6.45, 7) is 0. The first-order valence-electron chi connectivity index (χ1n) is 6.79. The van der Waals surface area contributed by atoms with Gasteiger partial charge in [0, 0.05) is 29.2 Å². The number of benzene rings is 2. The summed E-state index contributed by atoms with van der Waals surface area (Å²) in [4.78, 5) is 32.5. The molecule has 0 radical (unpaired) electrons. The lowest BCUT2D eigenvalue weighted by Gasteiger charge is -2.21. The first-order valence-corrected chi connectivity index (χ1v) is 6.79. The molecule has 0 aliphatic heterocycles. The predicted octanol–water partition coefficient (Wildman–Crippen LogP) is 2.47. The second-order valence-corrected chi connectivity index (χ2v) is 4.97. The van der Waals surface area contributed by atoms with Gasteiger partial charge in [-0.1, -0.05) is 36.4 Å². The third kappa shape index (κ3) is 4.08. The second kappa shape index (κ2) is 8.18. The zero-order chi connectivity index (χ0) is 17.9. The van der Waals surface area contributed by atoms with Crippen LogP contribution >= 0.6 is 12.4 Å². The quantitative estimate of drug-likeness (QED) is 0.587.